The second kappa shape index (κ2) is 6.10. The average molecular weight is 359 g/mol. The third-order valence-corrected chi connectivity index (χ3v) is 4.30. The van der Waals surface area contributed by atoms with Crippen molar-refractivity contribution >= 4 is 15.9 Å². The van der Waals surface area contributed by atoms with E-state index in [0.29, 0.717) is 0 Å². The monoisotopic (exact) mass is 358 g/mol. The number of hydrogen-bond acceptors (Lipinski definition) is 1. The van der Waals surface area contributed by atoms with Crippen LogP contribution in [-0.4, -0.2) is 7.11 Å². The van der Waals surface area contributed by atoms with Crippen molar-refractivity contribution in [3.63, 3.8) is 0 Å². The van der Waals surface area contributed by atoms with Crippen LogP contribution in [0, 0.1) is 6.92 Å². The van der Waals surface area contributed by atoms with Crippen LogP contribution < -0.4 is 4.74 Å². The summed E-state index contributed by atoms with van der Waals surface area (Å²) in [5.74, 6) is 0.783. The van der Waals surface area contributed by atoms with Gasteiger partial charge in [-0.25, -0.2) is 0 Å². The molecule has 0 radical (unpaired) electrons. The normalized spacial score (nSPS) is 13.0. The lowest BCUT2D eigenvalue weighted by Crippen LogP contribution is -2.05. The minimum Gasteiger partial charge on any atom is -0.496 e. The minimum absolute atomic E-state index is 0.163. The zero-order valence-corrected chi connectivity index (χ0v) is 13.1. The minimum atomic E-state index is -4.31. The fourth-order valence-corrected chi connectivity index (χ4v) is 2.68. The first-order chi connectivity index (χ1) is 9.82. The van der Waals surface area contributed by atoms with Gasteiger partial charge in [-0.15, -0.1) is 0 Å². The van der Waals surface area contributed by atoms with Gasteiger partial charge in [0.15, 0.2) is 0 Å². The van der Waals surface area contributed by atoms with E-state index < -0.39 is 11.7 Å². The topological polar surface area (TPSA) is 9.23 Å². The Balaban J connectivity index is 2.27. The Kier molecular flexibility index (Phi) is 4.61. The van der Waals surface area contributed by atoms with E-state index in [0.717, 1.165) is 34.6 Å². The summed E-state index contributed by atoms with van der Waals surface area (Å²) in [7, 11) is 1.60. The van der Waals surface area contributed by atoms with E-state index in [-0.39, 0.29) is 4.83 Å². The van der Waals surface area contributed by atoms with E-state index in [1.165, 1.54) is 12.1 Å². The van der Waals surface area contributed by atoms with Crippen molar-refractivity contribution in [2.45, 2.75) is 17.9 Å². The van der Waals surface area contributed by atoms with Gasteiger partial charge in [0.25, 0.3) is 0 Å². The molecule has 0 bridgehead atoms. The van der Waals surface area contributed by atoms with Crippen molar-refractivity contribution in [3.05, 3.63) is 64.7 Å². The molecule has 2 rings (SSSR count). The zero-order chi connectivity index (χ0) is 15.6. The van der Waals surface area contributed by atoms with Gasteiger partial charge in [-0.2, -0.15) is 13.2 Å². The molecule has 1 atom stereocenters. The molecule has 0 amide bonds. The molecule has 112 valence electrons. The van der Waals surface area contributed by atoms with Crippen LogP contribution in [0.15, 0.2) is 42.5 Å². The first kappa shape index (κ1) is 15.9. The van der Waals surface area contributed by atoms with Gasteiger partial charge in [0.05, 0.1) is 17.5 Å². The van der Waals surface area contributed by atoms with E-state index in [9.17, 15) is 13.2 Å². The van der Waals surface area contributed by atoms with Crippen LogP contribution in [0.4, 0.5) is 13.2 Å². The van der Waals surface area contributed by atoms with Gasteiger partial charge in [-0.1, -0.05) is 40.2 Å². The maximum absolute atomic E-state index is 12.6. The summed E-state index contributed by atoms with van der Waals surface area (Å²) in [6, 6.07) is 10.9. The van der Waals surface area contributed by atoms with Gasteiger partial charge in [0.1, 0.15) is 5.75 Å². The Morgan fingerprint density at radius 1 is 1.00 bits per heavy atom. The summed E-state index contributed by atoms with van der Waals surface area (Å²) in [6.07, 6.45) is -4.31. The molecule has 1 nitrogen and oxygen atoms in total. The largest absolute Gasteiger partial charge is 0.496 e. The first-order valence-electron chi connectivity index (χ1n) is 6.28. The summed E-state index contributed by atoms with van der Waals surface area (Å²) in [6.45, 7) is 1.93. The molecular weight excluding hydrogens is 345 g/mol. The van der Waals surface area contributed by atoms with Crippen LogP contribution in [0.5, 0.6) is 5.75 Å². The number of hydrogen-bond donors (Lipinski definition) is 0. The molecule has 0 aromatic heterocycles. The highest BCUT2D eigenvalue weighted by atomic mass is 79.9. The van der Waals surface area contributed by atoms with Crippen molar-refractivity contribution in [3.8, 4) is 5.75 Å². The van der Waals surface area contributed by atoms with Gasteiger partial charge < -0.3 is 4.74 Å². The fourth-order valence-electron chi connectivity index (χ4n) is 2.09. The number of rotatable bonds is 3. The van der Waals surface area contributed by atoms with Crippen LogP contribution in [0.25, 0.3) is 0 Å². The maximum Gasteiger partial charge on any atom is 0.416 e. The van der Waals surface area contributed by atoms with E-state index in [2.05, 4.69) is 15.9 Å². The number of ether oxygens (including phenoxy) is 1. The third kappa shape index (κ3) is 3.59. The number of methoxy groups -OCH3 is 1. The van der Waals surface area contributed by atoms with E-state index in [4.69, 9.17) is 4.74 Å². The molecule has 21 heavy (non-hydrogen) atoms. The van der Waals surface area contributed by atoms with E-state index >= 15 is 0 Å². The second-order valence-electron chi connectivity index (χ2n) is 4.71. The van der Waals surface area contributed by atoms with Gasteiger partial charge in [0.2, 0.25) is 0 Å². The van der Waals surface area contributed by atoms with E-state index in [1.54, 1.807) is 7.11 Å². The highest BCUT2D eigenvalue weighted by Gasteiger charge is 2.30. The van der Waals surface area contributed by atoms with Gasteiger partial charge in [-0.05, 0) is 41.8 Å². The average Bonchev–Trinajstić information content (AvgIpc) is 2.45. The van der Waals surface area contributed by atoms with Crippen LogP contribution >= 0.6 is 15.9 Å². The molecule has 0 saturated carbocycles. The molecule has 2 aromatic rings. The zero-order valence-electron chi connectivity index (χ0n) is 11.5. The summed E-state index contributed by atoms with van der Waals surface area (Å²) >= 11 is 3.53. The van der Waals surface area contributed by atoms with Crippen molar-refractivity contribution < 1.29 is 17.9 Å². The molecule has 2 aromatic carbocycles. The predicted octanol–water partition coefficient (Wildman–Crippen LogP) is 5.51. The van der Waals surface area contributed by atoms with Crippen LogP contribution in [0.2, 0.25) is 0 Å². The maximum atomic E-state index is 12.6. The summed E-state index contributed by atoms with van der Waals surface area (Å²) in [5, 5.41) is 0. The summed E-state index contributed by atoms with van der Waals surface area (Å²) < 4.78 is 42.9. The van der Waals surface area contributed by atoms with Gasteiger partial charge >= 0.3 is 6.18 Å². The van der Waals surface area contributed by atoms with Crippen LogP contribution in [-0.2, 0) is 6.18 Å². The molecule has 0 aliphatic carbocycles. The van der Waals surface area contributed by atoms with E-state index in [1.807, 2.05) is 25.1 Å². The highest BCUT2D eigenvalue weighted by Crippen LogP contribution is 2.35. The predicted molar refractivity (Wildman–Crippen MR) is 79.9 cm³/mol. The van der Waals surface area contributed by atoms with Crippen LogP contribution in [0.3, 0.4) is 0 Å². The van der Waals surface area contributed by atoms with Gasteiger partial charge in [0, 0.05) is 0 Å². The quantitative estimate of drug-likeness (QED) is 0.657. The number of aryl methyl sites for hydroxylation is 1. The molecule has 0 saturated heterocycles. The molecule has 0 aliphatic heterocycles. The molecule has 0 fully saturated rings. The first-order valence-corrected chi connectivity index (χ1v) is 7.20. The smallest absolute Gasteiger partial charge is 0.416 e. The molecule has 1 unspecified atom stereocenters. The third-order valence-electron chi connectivity index (χ3n) is 3.24. The lowest BCUT2D eigenvalue weighted by atomic mass is 10.0. The lowest BCUT2D eigenvalue weighted by Gasteiger charge is -2.14. The lowest BCUT2D eigenvalue weighted by molar-refractivity contribution is -0.137. The van der Waals surface area contributed by atoms with Crippen molar-refractivity contribution in [1.29, 1.82) is 0 Å². The number of halogens is 4. The molecule has 0 N–H and O–H groups in total. The fraction of sp³-hybridized carbons (Fsp3) is 0.250. The van der Waals surface area contributed by atoms with Crippen molar-refractivity contribution in [1.82, 2.24) is 0 Å². The number of alkyl halides is 4. The Morgan fingerprint density at radius 3 is 2.05 bits per heavy atom. The Morgan fingerprint density at radius 2 is 1.57 bits per heavy atom. The number of benzene rings is 2. The second-order valence-corrected chi connectivity index (χ2v) is 5.63. The standard InChI is InChI=1S/C16H14BrF3O/c1-10-9-12(5-8-14(10)21-2)15(17)11-3-6-13(7-4-11)16(18,19)20/h3-9,15H,1-2H3. The van der Waals surface area contributed by atoms with Crippen molar-refractivity contribution in [2.75, 3.05) is 7.11 Å². The Hall–Kier alpha value is -1.49. The highest BCUT2D eigenvalue weighted by molar-refractivity contribution is 9.09. The van der Waals surface area contributed by atoms with Gasteiger partial charge in [-0.3, -0.25) is 0 Å². The van der Waals surface area contributed by atoms with Crippen molar-refractivity contribution in [2.24, 2.45) is 0 Å². The summed E-state index contributed by atoms with van der Waals surface area (Å²) in [4.78, 5) is -0.163. The molecule has 0 spiro atoms. The van der Waals surface area contributed by atoms with Crippen LogP contribution in [0.1, 0.15) is 27.1 Å². The molecule has 0 aliphatic rings. The Bertz CT molecular complexity index is 620. The molecule has 0 heterocycles. The molecular formula is C16H14BrF3O. The Labute approximate surface area is 129 Å². The summed E-state index contributed by atoms with van der Waals surface area (Å²) in [5.41, 5.74) is 2.07. The molecule has 5 heteroatoms. The SMILES string of the molecule is COc1ccc(C(Br)c2ccc(C(F)(F)F)cc2)cc1C.